The standard InChI is InChI=1S/C13H10Cl2FN.ClH/c14-10-3-1-9(2-4-10)8-17-11-5-6-13(16)12(15)7-11;/h1-7,17H,8H2;1H. The molecular formula is C13H11Cl3FN. The molecule has 5 heteroatoms. The Hall–Kier alpha value is -0.960. The molecule has 0 unspecified atom stereocenters. The molecule has 1 N–H and O–H groups in total. The molecule has 2 rings (SSSR count). The number of hydrogen-bond acceptors (Lipinski definition) is 1. The molecule has 0 bridgehead atoms. The summed E-state index contributed by atoms with van der Waals surface area (Å²) in [6, 6.07) is 12.1. The van der Waals surface area contributed by atoms with Crippen molar-refractivity contribution >= 4 is 41.3 Å². The summed E-state index contributed by atoms with van der Waals surface area (Å²) in [5.74, 6) is -0.413. The molecule has 2 aromatic rings. The summed E-state index contributed by atoms with van der Waals surface area (Å²) in [6.07, 6.45) is 0. The Morgan fingerprint density at radius 2 is 1.67 bits per heavy atom. The molecule has 18 heavy (non-hydrogen) atoms. The van der Waals surface area contributed by atoms with E-state index in [9.17, 15) is 4.39 Å². The van der Waals surface area contributed by atoms with Crippen molar-refractivity contribution in [3.8, 4) is 0 Å². The van der Waals surface area contributed by atoms with E-state index in [4.69, 9.17) is 23.2 Å². The predicted molar refractivity (Wildman–Crippen MR) is 77.4 cm³/mol. The van der Waals surface area contributed by atoms with Gasteiger partial charge in [0.2, 0.25) is 0 Å². The van der Waals surface area contributed by atoms with Gasteiger partial charge >= 0.3 is 0 Å². The van der Waals surface area contributed by atoms with E-state index in [1.807, 2.05) is 24.3 Å². The molecule has 0 amide bonds. The van der Waals surface area contributed by atoms with Crippen LogP contribution in [0.4, 0.5) is 10.1 Å². The molecule has 0 aromatic heterocycles. The minimum Gasteiger partial charge on any atom is -0.381 e. The van der Waals surface area contributed by atoms with E-state index >= 15 is 0 Å². The summed E-state index contributed by atoms with van der Waals surface area (Å²) in [5, 5.41) is 3.98. The van der Waals surface area contributed by atoms with Crippen LogP contribution in [0.3, 0.4) is 0 Å². The predicted octanol–water partition coefficient (Wildman–Crippen LogP) is 5.17. The summed E-state index contributed by atoms with van der Waals surface area (Å²) in [4.78, 5) is 0. The summed E-state index contributed by atoms with van der Waals surface area (Å²) in [7, 11) is 0. The monoisotopic (exact) mass is 305 g/mol. The van der Waals surface area contributed by atoms with Gasteiger partial charge in [-0.05, 0) is 35.9 Å². The molecule has 0 atom stereocenters. The van der Waals surface area contributed by atoms with Crippen molar-refractivity contribution in [3.05, 3.63) is 63.9 Å². The number of nitrogens with one attached hydrogen (secondary N) is 1. The van der Waals surface area contributed by atoms with E-state index in [0.29, 0.717) is 11.6 Å². The summed E-state index contributed by atoms with van der Waals surface area (Å²) in [6.45, 7) is 0.638. The maximum atomic E-state index is 12.9. The lowest BCUT2D eigenvalue weighted by atomic mass is 10.2. The quantitative estimate of drug-likeness (QED) is 0.825. The van der Waals surface area contributed by atoms with E-state index in [1.165, 1.54) is 6.07 Å². The van der Waals surface area contributed by atoms with Crippen LogP contribution in [0.15, 0.2) is 42.5 Å². The van der Waals surface area contributed by atoms with Gasteiger partial charge in [-0.3, -0.25) is 0 Å². The molecule has 0 aliphatic heterocycles. The zero-order chi connectivity index (χ0) is 12.3. The van der Waals surface area contributed by atoms with Gasteiger partial charge in [0.25, 0.3) is 0 Å². The van der Waals surface area contributed by atoms with Crippen LogP contribution in [0.2, 0.25) is 10.0 Å². The van der Waals surface area contributed by atoms with Gasteiger partial charge in [0.15, 0.2) is 0 Å². The summed E-state index contributed by atoms with van der Waals surface area (Å²) >= 11 is 11.5. The number of anilines is 1. The first kappa shape index (κ1) is 15.1. The van der Waals surface area contributed by atoms with Crippen LogP contribution in [0, 0.1) is 5.82 Å². The highest BCUT2D eigenvalue weighted by Gasteiger charge is 2.00. The normalized spacial score (nSPS) is 9.72. The van der Waals surface area contributed by atoms with Gasteiger partial charge in [0.1, 0.15) is 5.82 Å². The topological polar surface area (TPSA) is 12.0 Å². The summed E-state index contributed by atoms with van der Waals surface area (Å²) in [5.41, 5.74) is 1.88. The van der Waals surface area contributed by atoms with Crippen LogP contribution in [0.1, 0.15) is 5.56 Å². The lowest BCUT2D eigenvalue weighted by Crippen LogP contribution is -1.99. The number of rotatable bonds is 3. The Morgan fingerprint density at radius 1 is 1.00 bits per heavy atom. The molecular weight excluding hydrogens is 296 g/mol. The molecule has 0 fully saturated rings. The highest BCUT2D eigenvalue weighted by molar-refractivity contribution is 6.31. The molecule has 96 valence electrons. The third-order valence-corrected chi connectivity index (χ3v) is 2.87. The number of halogens is 4. The van der Waals surface area contributed by atoms with Crippen LogP contribution in [0.25, 0.3) is 0 Å². The van der Waals surface area contributed by atoms with Crippen LogP contribution >= 0.6 is 35.6 Å². The maximum absolute atomic E-state index is 12.9. The molecule has 0 spiro atoms. The van der Waals surface area contributed by atoms with Crippen LogP contribution in [0.5, 0.6) is 0 Å². The fourth-order valence-electron chi connectivity index (χ4n) is 1.41. The van der Waals surface area contributed by atoms with Crippen molar-refractivity contribution in [1.82, 2.24) is 0 Å². The minimum atomic E-state index is -0.413. The van der Waals surface area contributed by atoms with Gasteiger partial charge in [-0.1, -0.05) is 35.3 Å². The van der Waals surface area contributed by atoms with Crippen molar-refractivity contribution in [3.63, 3.8) is 0 Å². The Kier molecular flexibility index (Phi) is 5.73. The van der Waals surface area contributed by atoms with Crippen LogP contribution in [-0.2, 0) is 6.54 Å². The molecule has 0 saturated carbocycles. The molecule has 0 aliphatic rings. The first-order chi connectivity index (χ1) is 8.15. The fourth-order valence-corrected chi connectivity index (χ4v) is 1.72. The van der Waals surface area contributed by atoms with Crippen molar-refractivity contribution < 1.29 is 4.39 Å². The van der Waals surface area contributed by atoms with Crippen LogP contribution in [-0.4, -0.2) is 0 Å². The van der Waals surface area contributed by atoms with Gasteiger partial charge in [-0.15, -0.1) is 12.4 Å². The fraction of sp³-hybridized carbons (Fsp3) is 0.0769. The molecule has 1 nitrogen and oxygen atoms in total. The second-order valence-electron chi connectivity index (χ2n) is 3.61. The molecule has 0 radical (unpaired) electrons. The maximum Gasteiger partial charge on any atom is 0.141 e. The largest absolute Gasteiger partial charge is 0.381 e. The molecule has 2 aromatic carbocycles. The SMILES string of the molecule is Cl.Fc1ccc(NCc2ccc(Cl)cc2)cc1Cl. The van der Waals surface area contributed by atoms with Crippen molar-refractivity contribution in [2.45, 2.75) is 6.54 Å². The zero-order valence-electron chi connectivity index (χ0n) is 9.29. The second-order valence-corrected chi connectivity index (χ2v) is 4.45. The number of benzene rings is 2. The Labute approximate surface area is 121 Å². The van der Waals surface area contributed by atoms with Crippen molar-refractivity contribution in [2.75, 3.05) is 5.32 Å². The average Bonchev–Trinajstić information content (AvgIpc) is 2.33. The van der Waals surface area contributed by atoms with E-state index in [-0.39, 0.29) is 17.4 Å². The highest BCUT2D eigenvalue weighted by atomic mass is 35.5. The highest BCUT2D eigenvalue weighted by Crippen LogP contribution is 2.20. The smallest absolute Gasteiger partial charge is 0.141 e. The second kappa shape index (κ2) is 6.83. The first-order valence-electron chi connectivity index (χ1n) is 5.08. The van der Waals surface area contributed by atoms with Crippen molar-refractivity contribution in [1.29, 1.82) is 0 Å². The van der Waals surface area contributed by atoms with Gasteiger partial charge in [0, 0.05) is 17.3 Å². The summed E-state index contributed by atoms with van der Waals surface area (Å²) < 4.78 is 12.9. The number of hydrogen-bond donors (Lipinski definition) is 1. The third kappa shape index (κ3) is 4.05. The minimum absolute atomic E-state index is 0. The molecule has 0 saturated heterocycles. The van der Waals surface area contributed by atoms with Gasteiger partial charge < -0.3 is 5.32 Å². The van der Waals surface area contributed by atoms with E-state index < -0.39 is 5.82 Å². The Bertz CT molecular complexity index is 514. The van der Waals surface area contributed by atoms with Gasteiger partial charge in [-0.25, -0.2) is 4.39 Å². The Balaban J connectivity index is 0.00000162. The Morgan fingerprint density at radius 3 is 2.28 bits per heavy atom. The van der Waals surface area contributed by atoms with Crippen molar-refractivity contribution in [2.24, 2.45) is 0 Å². The molecule has 0 heterocycles. The molecule has 0 aliphatic carbocycles. The first-order valence-corrected chi connectivity index (χ1v) is 5.84. The van der Waals surface area contributed by atoms with Crippen LogP contribution < -0.4 is 5.32 Å². The lowest BCUT2D eigenvalue weighted by Gasteiger charge is -2.07. The van der Waals surface area contributed by atoms with Gasteiger partial charge in [-0.2, -0.15) is 0 Å². The average molecular weight is 307 g/mol. The zero-order valence-corrected chi connectivity index (χ0v) is 11.6. The third-order valence-electron chi connectivity index (χ3n) is 2.33. The van der Waals surface area contributed by atoms with E-state index in [1.54, 1.807) is 12.1 Å². The van der Waals surface area contributed by atoms with Gasteiger partial charge in [0.05, 0.1) is 5.02 Å². The lowest BCUT2D eigenvalue weighted by molar-refractivity contribution is 0.628. The van der Waals surface area contributed by atoms with E-state index in [2.05, 4.69) is 5.32 Å². The van der Waals surface area contributed by atoms with E-state index in [0.717, 1.165) is 11.3 Å².